The van der Waals surface area contributed by atoms with Crippen LogP contribution < -0.4 is 15.2 Å². The van der Waals surface area contributed by atoms with Gasteiger partial charge in [0.25, 0.3) is 0 Å². The highest BCUT2D eigenvalue weighted by Gasteiger charge is 2.13. The molecule has 90 valence electrons. The molecule has 16 heavy (non-hydrogen) atoms. The fourth-order valence-electron chi connectivity index (χ4n) is 1.51. The lowest BCUT2D eigenvalue weighted by atomic mass is 10.1. The molecule has 0 fully saturated rings. The summed E-state index contributed by atoms with van der Waals surface area (Å²) in [5.74, 6) is 1.51. The standard InChI is InChI=1S/C12H19NO3/c1-9(13)12-10(15-3)5-4-6-11(12)16-8-7-14-2/h4-6,9H,7-8,13H2,1-3H3. The van der Waals surface area contributed by atoms with Gasteiger partial charge < -0.3 is 19.9 Å². The molecule has 2 N–H and O–H groups in total. The van der Waals surface area contributed by atoms with E-state index in [-0.39, 0.29) is 6.04 Å². The van der Waals surface area contributed by atoms with Crippen molar-refractivity contribution in [3.05, 3.63) is 23.8 Å². The first-order valence-corrected chi connectivity index (χ1v) is 5.25. The normalized spacial score (nSPS) is 12.2. The van der Waals surface area contributed by atoms with Crippen LogP contribution in [-0.4, -0.2) is 27.4 Å². The van der Waals surface area contributed by atoms with E-state index in [1.54, 1.807) is 14.2 Å². The van der Waals surface area contributed by atoms with Crippen LogP contribution in [0.2, 0.25) is 0 Å². The molecular formula is C12H19NO3. The maximum absolute atomic E-state index is 5.90. The zero-order valence-corrected chi connectivity index (χ0v) is 10.0. The molecule has 4 nitrogen and oxygen atoms in total. The van der Waals surface area contributed by atoms with E-state index in [0.717, 1.165) is 17.1 Å². The molecule has 1 aromatic rings. The summed E-state index contributed by atoms with van der Waals surface area (Å²) < 4.78 is 15.8. The van der Waals surface area contributed by atoms with E-state index < -0.39 is 0 Å². The average Bonchev–Trinajstić information content (AvgIpc) is 2.28. The molecule has 0 heterocycles. The smallest absolute Gasteiger partial charge is 0.127 e. The highest BCUT2D eigenvalue weighted by Crippen LogP contribution is 2.32. The summed E-state index contributed by atoms with van der Waals surface area (Å²) in [5.41, 5.74) is 6.79. The van der Waals surface area contributed by atoms with Gasteiger partial charge in [0.15, 0.2) is 0 Å². The summed E-state index contributed by atoms with van der Waals surface area (Å²) in [7, 11) is 3.27. The molecule has 0 spiro atoms. The van der Waals surface area contributed by atoms with Crippen LogP contribution in [0, 0.1) is 0 Å². The van der Waals surface area contributed by atoms with Crippen molar-refractivity contribution in [2.45, 2.75) is 13.0 Å². The molecule has 1 rings (SSSR count). The fourth-order valence-corrected chi connectivity index (χ4v) is 1.51. The third-order valence-corrected chi connectivity index (χ3v) is 2.25. The Labute approximate surface area is 96.3 Å². The topological polar surface area (TPSA) is 53.7 Å². The van der Waals surface area contributed by atoms with Gasteiger partial charge in [-0.05, 0) is 19.1 Å². The van der Waals surface area contributed by atoms with Crippen molar-refractivity contribution in [3.63, 3.8) is 0 Å². The summed E-state index contributed by atoms with van der Waals surface area (Å²) in [4.78, 5) is 0. The third-order valence-electron chi connectivity index (χ3n) is 2.25. The lowest BCUT2D eigenvalue weighted by Gasteiger charge is -2.17. The van der Waals surface area contributed by atoms with Crippen molar-refractivity contribution in [3.8, 4) is 11.5 Å². The number of benzene rings is 1. The molecule has 1 atom stereocenters. The van der Waals surface area contributed by atoms with E-state index in [4.69, 9.17) is 19.9 Å². The Hall–Kier alpha value is -1.26. The van der Waals surface area contributed by atoms with Crippen molar-refractivity contribution in [1.82, 2.24) is 0 Å². The number of ether oxygens (including phenoxy) is 3. The first kappa shape index (κ1) is 12.8. The molecule has 0 aromatic heterocycles. The maximum Gasteiger partial charge on any atom is 0.127 e. The van der Waals surface area contributed by atoms with Gasteiger partial charge in [0, 0.05) is 13.2 Å². The Morgan fingerprint density at radius 2 is 1.88 bits per heavy atom. The Bertz CT molecular complexity index is 326. The molecule has 1 unspecified atom stereocenters. The van der Waals surface area contributed by atoms with Gasteiger partial charge in [0.2, 0.25) is 0 Å². The number of rotatable bonds is 6. The predicted octanol–water partition coefficient (Wildman–Crippen LogP) is 1.74. The molecule has 0 amide bonds. The maximum atomic E-state index is 5.90. The monoisotopic (exact) mass is 225 g/mol. The highest BCUT2D eigenvalue weighted by molar-refractivity contribution is 5.46. The van der Waals surface area contributed by atoms with Crippen molar-refractivity contribution in [2.24, 2.45) is 5.73 Å². The van der Waals surface area contributed by atoms with Gasteiger partial charge in [-0.25, -0.2) is 0 Å². The second-order valence-electron chi connectivity index (χ2n) is 3.50. The van der Waals surface area contributed by atoms with Crippen molar-refractivity contribution in [2.75, 3.05) is 27.4 Å². The molecular weight excluding hydrogens is 206 g/mol. The summed E-state index contributed by atoms with van der Waals surface area (Å²) in [6.07, 6.45) is 0. The van der Waals surface area contributed by atoms with Crippen molar-refractivity contribution in [1.29, 1.82) is 0 Å². The first-order chi connectivity index (χ1) is 7.70. The van der Waals surface area contributed by atoms with Gasteiger partial charge in [-0.3, -0.25) is 0 Å². The zero-order chi connectivity index (χ0) is 12.0. The Morgan fingerprint density at radius 3 is 2.44 bits per heavy atom. The number of hydrogen-bond donors (Lipinski definition) is 1. The predicted molar refractivity (Wildman–Crippen MR) is 63.0 cm³/mol. The van der Waals surface area contributed by atoms with Gasteiger partial charge in [-0.2, -0.15) is 0 Å². The summed E-state index contributed by atoms with van der Waals surface area (Å²) in [5, 5.41) is 0. The van der Waals surface area contributed by atoms with Crippen LogP contribution >= 0.6 is 0 Å². The summed E-state index contributed by atoms with van der Waals surface area (Å²) >= 11 is 0. The Balaban J connectivity index is 2.89. The highest BCUT2D eigenvalue weighted by atomic mass is 16.5. The lowest BCUT2D eigenvalue weighted by molar-refractivity contribution is 0.145. The minimum Gasteiger partial charge on any atom is -0.496 e. The Morgan fingerprint density at radius 1 is 1.19 bits per heavy atom. The van der Waals surface area contributed by atoms with Crippen LogP contribution in [0.15, 0.2) is 18.2 Å². The molecule has 1 aromatic carbocycles. The number of nitrogens with two attached hydrogens (primary N) is 1. The minimum absolute atomic E-state index is 0.131. The average molecular weight is 225 g/mol. The van der Waals surface area contributed by atoms with Crippen molar-refractivity contribution >= 4 is 0 Å². The van der Waals surface area contributed by atoms with Crippen LogP contribution in [0.3, 0.4) is 0 Å². The molecule has 0 bridgehead atoms. The molecule has 4 heteroatoms. The lowest BCUT2D eigenvalue weighted by Crippen LogP contribution is -2.12. The zero-order valence-electron chi connectivity index (χ0n) is 10.0. The van der Waals surface area contributed by atoms with Gasteiger partial charge in [-0.15, -0.1) is 0 Å². The second-order valence-corrected chi connectivity index (χ2v) is 3.50. The van der Waals surface area contributed by atoms with Crippen LogP contribution in [0.25, 0.3) is 0 Å². The fraction of sp³-hybridized carbons (Fsp3) is 0.500. The quantitative estimate of drug-likeness (QED) is 0.749. The largest absolute Gasteiger partial charge is 0.496 e. The van der Waals surface area contributed by atoms with Gasteiger partial charge in [-0.1, -0.05) is 6.07 Å². The van der Waals surface area contributed by atoms with E-state index in [1.165, 1.54) is 0 Å². The molecule has 0 radical (unpaired) electrons. The SMILES string of the molecule is COCCOc1cccc(OC)c1C(C)N. The minimum atomic E-state index is -0.131. The molecule has 0 saturated carbocycles. The number of hydrogen-bond acceptors (Lipinski definition) is 4. The van der Waals surface area contributed by atoms with Crippen LogP contribution in [-0.2, 0) is 4.74 Å². The van der Waals surface area contributed by atoms with E-state index in [0.29, 0.717) is 13.2 Å². The summed E-state index contributed by atoms with van der Waals surface area (Å²) in [6.45, 7) is 2.96. The van der Waals surface area contributed by atoms with E-state index >= 15 is 0 Å². The Kier molecular flexibility index (Phi) is 5.08. The first-order valence-electron chi connectivity index (χ1n) is 5.25. The van der Waals surface area contributed by atoms with Crippen LogP contribution in [0.1, 0.15) is 18.5 Å². The van der Waals surface area contributed by atoms with Crippen molar-refractivity contribution < 1.29 is 14.2 Å². The molecule has 0 saturated heterocycles. The molecule has 0 aliphatic carbocycles. The van der Waals surface area contributed by atoms with E-state index in [2.05, 4.69) is 0 Å². The van der Waals surface area contributed by atoms with Gasteiger partial charge in [0.05, 0.1) is 19.3 Å². The van der Waals surface area contributed by atoms with Crippen LogP contribution in [0.5, 0.6) is 11.5 Å². The molecule has 0 aliphatic heterocycles. The van der Waals surface area contributed by atoms with Crippen LogP contribution in [0.4, 0.5) is 0 Å². The van der Waals surface area contributed by atoms with Gasteiger partial charge in [0.1, 0.15) is 18.1 Å². The second kappa shape index (κ2) is 6.35. The summed E-state index contributed by atoms with van der Waals surface area (Å²) in [6, 6.07) is 5.51. The van der Waals surface area contributed by atoms with E-state index in [9.17, 15) is 0 Å². The van der Waals surface area contributed by atoms with E-state index in [1.807, 2.05) is 25.1 Å². The molecule has 0 aliphatic rings. The number of methoxy groups -OCH3 is 2. The third kappa shape index (κ3) is 3.12. The van der Waals surface area contributed by atoms with Gasteiger partial charge >= 0.3 is 0 Å².